The van der Waals surface area contributed by atoms with Gasteiger partial charge in [0.05, 0.1) is 16.5 Å². The third-order valence-electron chi connectivity index (χ3n) is 3.29. The van der Waals surface area contributed by atoms with Crippen molar-refractivity contribution < 1.29 is 4.39 Å². The van der Waals surface area contributed by atoms with Gasteiger partial charge in [0, 0.05) is 10.8 Å². The van der Waals surface area contributed by atoms with Crippen LogP contribution in [0.3, 0.4) is 0 Å². The standard InChI is InChI=1S/C16H24FNS2/c1-19(2,3)16(20(4,5)6)15-13-10-8-7-9-12(13)14(17)11-18-15/h7-11,16H,1-6H3. The molecular weight excluding hydrogens is 289 g/mol. The number of halogens is 1. The van der Waals surface area contributed by atoms with Crippen LogP contribution in [0.4, 0.5) is 4.39 Å². The molecule has 1 aromatic heterocycles. The van der Waals surface area contributed by atoms with Gasteiger partial charge >= 0.3 is 0 Å². The van der Waals surface area contributed by atoms with Crippen LogP contribution in [0.1, 0.15) is 10.3 Å². The van der Waals surface area contributed by atoms with E-state index in [1.807, 2.05) is 24.3 Å². The minimum Gasteiger partial charge on any atom is -0.256 e. The molecular formula is C16H24FNS2. The van der Waals surface area contributed by atoms with Crippen molar-refractivity contribution in [1.82, 2.24) is 4.98 Å². The van der Waals surface area contributed by atoms with E-state index in [2.05, 4.69) is 42.5 Å². The van der Waals surface area contributed by atoms with E-state index in [0.717, 1.165) is 11.1 Å². The Hall–Kier alpha value is -0.740. The van der Waals surface area contributed by atoms with Gasteiger partial charge in [-0.3, -0.25) is 4.98 Å². The Morgan fingerprint density at radius 2 is 1.40 bits per heavy atom. The molecule has 0 amide bonds. The van der Waals surface area contributed by atoms with Crippen molar-refractivity contribution in [3.63, 3.8) is 0 Å². The van der Waals surface area contributed by atoms with E-state index in [-0.39, 0.29) is 5.82 Å². The molecule has 2 rings (SSSR count). The number of pyridine rings is 1. The number of rotatable bonds is 3. The Morgan fingerprint density at radius 3 is 1.90 bits per heavy atom. The highest BCUT2D eigenvalue weighted by Gasteiger charge is 2.32. The molecule has 0 spiro atoms. The lowest BCUT2D eigenvalue weighted by molar-refractivity contribution is 0.633. The molecule has 0 aliphatic rings. The van der Waals surface area contributed by atoms with E-state index >= 15 is 0 Å². The van der Waals surface area contributed by atoms with Gasteiger partial charge in [0.15, 0.2) is 0 Å². The van der Waals surface area contributed by atoms with Gasteiger partial charge in [-0.1, -0.05) is 24.3 Å². The van der Waals surface area contributed by atoms with Crippen molar-refractivity contribution in [3.05, 3.63) is 42.0 Å². The Balaban J connectivity index is 2.76. The van der Waals surface area contributed by atoms with Crippen molar-refractivity contribution in [1.29, 1.82) is 0 Å². The third kappa shape index (κ3) is 2.96. The SMILES string of the molecule is CS(C)(C)C(c1ncc(F)c2ccccc12)S(C)(C)C. The number of aromatic nitrogens is 1. The van der Waals surface area contributed by atoms with Gasteiger partial charge < -0.3 is 0 Å². The molecule has 0 radical (unpaired) electrons. The van der Waals surface area contributed by atoms with Crippen LogP contribution in [0.15, 0.2) is 30.5 Å². The maximum atomic E-state index is 14.0. The van der Waals surface area contributed by atoms with Gasteiger partial charge in [-0.25, -0.2) is 24.4 Å². The van der Waals surface area contributed by atoms with E-state index in [0.29, 0.717) is 9.97 Å². The first-order valence-corrected chi connectivity index (χ1v) is 12.3. The van der Waals surface area contributed by atoms with Crippen molar-refractivity contribution in [2.24, 2.45) is 0 Å². The molecule has 20 heavy (non-hydrogen) atoms. The van der Waals surface area contributed by atoms with Crippen LogP contribution in [0.2, 0.25) is 0 Å². The smallest absolute Gasteiger partial charge is 0.149 e. The fourth-order valence-corrected chi connectivity index (χ4v) is 11.5. The van der Waals surface area contributed by atoms with Gasteiger partial charge in [-0.15, -0.1) is 0 Å². The predicted molar refractivity (Wildman–Crippen MR) is 95.2 cm³/mol. The molecule has 2 aromatic rings. The zero-order valence-corrected chi connectivity index (χ0v) is 14.7. The molecule has 0 saturated carbocycles. The molecule has 0 aliphatic heterocycles. The molecule has 0 N–H and O–H groups in total. The lowest BCUT2D eigenvalue weighted by atomic mass is 10.1. The third-order valence-corrected chi connectivity index (χ3v) is 9.76. The van der Waals surface area contributed by atoms with Crippen LogP contribution in [-0.2, 0) is 0 Å². The van der Waals surface area contributed by atoms with Gasteiger partial charge in [-0.2, -0.15) is 0 Å². The molecule has 1 nitrogen and oxygen atoms in total. The lowest BCUT2D eigenvalue weighted by Crippen LogP contribution is -2.16. The summed E-state index contributed by atoms with van der Waals surface area (Å²) in [5.41, 5.74) is 1.08. The molecule has 112 valence electrons. The number of hydrogen-bond acceptors (Lipinski definition) is 1. The lowest BCUT2D eigenvalue weighted by Gasteiger charge is -2.47. The molecule has 0 fully saturated rings. The van der Waals surface area contributed by atoms with Crippen molar-refractivity contribution in [2.45, 2.75) is 4.58 Å². The molecule has 0 unspecified atom stereocenters. The summed E-state index contributed by atoms with van der Waals surface area (Å²) in [6.45, 7) is 0. The summed E-state index contributed by atoms with van der Waals surface area (Å²) >= 11 is 0. The van der Waals surface area contributed by atoms with Crippen LogP contribution in [0.25, 0.3) is 10.8 Å². The van der Waals surface area contributed by atoms with Crippen LogP contribution >= 0.6 is 20.1 Å². The van der Waals surface area contributed by atoms with Gasteiger partial charge in [-0.05, 0) is 37.5 Å². The van der Waals surface area contributed by atoms with Crippen molar-refractivity contribution in [3.8, 4) is 0 Å². The summed E-state index contributed by atoms with van der Waals surface area (Å²) in [5, 5.41) is 1.66. The zero-order valence-electron chi connectivity index (χ0n) is 13.1. The average molecular weight is 314 g/mol. The van der Waals surface area contributed by atoms with Crippen LogP contribution in [0, 0.1) is 5.82 Å². The summed E-state index contributed by atoms with van der Waals surface area (Å²) in [6.07, 6.45) is 15.4. The predicted octanol–water partition coefficient (Wildman–Crippen LogP) is 4.76. The second-order valence-corrected chi connectivity index (χ2v) is 15.7. The Labute approximate surface area is 124 Å². The first kappa shape index (κ1) is 15.6. The van der Waals surface area contributed by atoms with Gasteiger partial charge in [0.2, 0.25) is 0 Å². The quantitative estimate of drug-likeness (QED) is 0.796. The average Bonchev–Trinajstić information content (AvgIpc) is 2.29. The zero-order chi connectivity index (χ0) is 15.1. The minimum atomic E-state index is -0.828. The molecule has 0 bridgehead atoms. The van der Waals surface area contributed by atoms with E-state index in [1.54, 1.807) is 0 Å². The summed E-state index contributed by atoms with van der Waals surface area (Å²) in [4.78, 5) is 4.51. The maximum Gasteiger partial charge on any atom is 0.149 e. The largest absolute Gasteiger partial charge is 0.256 e. The number of fused-ring (bicyclic) bond motifs is 1. The highest BCUT2D eigenvalue weighted by molar-refractivity contribution is 8.47. The molecule has 1 heterocycles. The van der Waals surface area contributed by atoms with Gasteiger partial charge in [0.1, 0.15) is 5.82 Å². The Bertz CT molecular complexity index is 612. The van der Waals surface area contributed by atoms with Gasteiger partial charge in [0.25, 0.3) is 0 Å². The summed E-state index contributed by atoms with van der Waals surface area (Å²) in [7, 11) is -1.66. The number of benzene rings is 1. The first-order valence-electron chi connectivity index (χ1n) is 6.50. The van der Waals surface area contributed by atoms with Crippen LogP contribution in [0.5, 0.6) is 0 Å². The fraction of sp³-hybridized carbons (Fsp3) is 0.438. The highest BCUT2D eigenvalue weighted by atomic mass is 32.3. The summed E-state index contributed by atoms with van der Waals surface area (Å²) in [6, 6.07) is 7.71. The second kappa shape index (κ2) is 5.23. The van der Waals surface area contributed by atoms with E-state index in [1.165, 1.54) is 6.20 Å². The Morgan fingerprint density at radius 1 is 0.900 bits per heavy atom. The first-order chi connectivity index (χ1) is 9.12. The van der Waals surface area contributed by atoms with E-state index in [4.69, 9.17) is 0 Å². The number of hydrogen-bond donors (Lipinski definition) is 0. The molecule has 4 heteroatoms. The molecule has 0 aliphatic carbocycles. The van der Waals surface area contributed by atoms with E-state index in [9.17, 15) is 4.39 Å². The van der Waals surface area contributed by atoms with E-state index < -0.39 is 20.1 Å². The highest BCUT2D eigenvalue weighted by Crippen LogP contribution is 2.68. The van der Waals surface area contributed by atoms with Crippen molar-refractivity contribution in [2.75, 3.05) is 37.5 Å². The Kier molecular flexibility index (Phi) is 4.09. The molecule has 0 atom stereocenters. The molecule has 0 saturated heterocycles. The minimum absolute atomic E-state index is 0.226. The summed E-state index contributed by atoms with van der Waals surface area (Å²) in [5.74, 6) is -0.226. The summed E-state index contributed by atoms with van der Waals surface area (Å²) < 4.78 is 14.4. The second-order valence-electron chi connectivity index (χ2n) is 6.73. The van der Waals surface area contributed by atoms with Crippen LogP contribution in [-0.4, -0.2) is 42.5 Å². The van der Waals surface area contributed by atoms with Crippen molar-refractivity contribution >= 4 is 30.8 Å². The van der Waals surface area contributed by atoms with Crippen LogP contribution < -0.4 is 0 Å². The maximum absolute atomic E-state index is 14.0. The topological polar surface area (TPSA) is 12.9 Å². The number of nitrogens with zero attached hydrogens (tertiary/aromatic N) is 1. The fourth-order valence-electron chi connectivity index (χ4n) is 2.90. The normalized spacial score (nSPS) is 14.8. The molecule has 1 aromatic carbocycles. The monoisotopic (exact) mass is 313 g/mol.